The van der Waals surface area contributed by atoms with Gasteiger partial charge in [-0.25, -0.2) is 4.39 Å². The van der Waals surface area contributed by atoms with E-state index >= 15 is 0 Å². The first-order chi connectivity index (χ1) is 8.65. The van der Waals surface area contributed by atoms with Crippen molar-refractivity contribution in [2.75, 3.05) is 0 Å². The van der Waals surface area contributed by atoms with Gasteiger partial charge >= 0.3 is 0 Å². The molecular formula is C16H18FN. The molecule has 1 heterocycles. The second-order valence-electron chi connectivity index (χ2n) is 4.05. The van der Waals surface area contributed by atoms with E-state index in [0.717, 1.165) is 16.3 Å². The van der Waals surface area contributed by atoms with Gasteiger partial charge in [0.15, 0.2) is 0 Å². The molecule has 0 saturated heterocycles. The van der Waals surface area contributed by atoms with Crippen molar-refractivity contribution < 1.29 is 4.39 Å². The predicted octanol–water partition coefficient (Wildman–Crippen LogP) is 4.50. The van der Waals surface area contributed by atoms with Gasteiger partial charge in [0.2, 0.25) is 0 Å². The summed E-state index contributed by atoms with van der Waals surface area (Å²) in [4.78, 5) is 4.15. The summed E-state index contributed by atoms with van der Waals surface area (Å²) in [6.45, 7) is 8.09. The average molecular weight is 243 g/mol. The fourth-order valence-electron chi connectivity index (χ4n) is 1.85. The lowest BCUT2D eigenvalue weighted by Crippen LogP contribution is -1.95. The van der Waals surface area contributed by atoms with E-state index < -0.39 is 0 Å². The monoisotopic (exact) mass is 243 g/mol. The van der Waals surface area contributed by atoms with Gasteiger partial charge in [0.1, 0.15) is 5.82 Å². The molecule has 0 N–H and O–H groups in total. The normalized spacial score (nSPS) is 9.83. The largest absolute Gasteiger partial charge is 0.264 e. The Hall–Kier alpha value is -1.88. The molecule has 1 aromatic heterocycles. The molecule has 0 aliphatic carbocycles. The molecule has 0 fully saturated rings. The van der Waals surface area contributed by atoms with Gasteiger partial charge in [-0.05, 0) is 23.6 Å². The van der Waals surface area contributed by atoms with Gasteiger partial charge in [-0.3, -0.25) is 4.98 Å². The van der Waals surface area contributed by atoms with Crippen LogP contribution in [0.4, 0.5) is 4.39 Å². The van der Waals surface area contributed by atoms with Crippen LogP contribution in [0.25, 0.3) is 10.8 Å². The first-order valence-corrected chi connectivity index (χ1v) is 6.18. The molecule has 1 nitrogen and oxygen atoms in total. The van der Waals surface area contributed by atoms with Crippen molar-refractivity contribution in [3.63, 3.8) is 0 Å². The van der Waals surface area contributed by atoms with E-state index in [1.54, 1.807) is 18.5 Å². The number of halogens is 1. The molecule has 1 aromatic carbocycles. The highest BCUT2D eigenvalue weighted by Gasteiger charge is 2.12. The zero-order valence-corrected chi connectivity index (χ0v) is 11.3. The van der Waals surface area contributed by atoms with Crippen molar-refractivity contribution in [2.24, 2.45) is 0 Å². The fraction of sp³-hybridized carbons (Fsp3) is 0.312. The molecule has 0 amide bonds. The van der Waals surface area contributed by atoms with Crippen LogP contribution >= 0.6 is 0 Å². The van der Waals surface area contributed by atoms with Gasteiger partial charge in [0, 0.05) is 23.2 Å². The number of aromatic nitrogens is 1. The maximum atomic E-state index is 13.6. The third-order valence-corrected chi connectivity index (χ3v) is 2.67. The number of hydrogen-bond acceptors (Lipinski definition) is 1. The van der Waals surface area contributed by atoms with Crippen LogP contribution in [0.1, 0.15) is 44.7 Å². The lowest BCUT2D eigenvalue weighted by atomic mass is 9.95. The number of nitrogens with zero attached hydrogens (tertiary/aromatic N) is 1. The highest BCUT2D eigenvalue weighted by Crippen LogP contribution is 2.28. The van der Waals surface area contributed by atoms with Crippen LogP contribution in [-0.2, 0) is 0 Å². The Labute approximate surface area is 108 Å². The first-order valence-electron chi connectivity index (χ1n) is 6.18. The first kappa shape index (κ1) is 14.2. The molecule has 0 unspecified atom stereocenters. The van der Waals surface area contributed by atoms with Crippen LogP contribution in [0.3, 0.4) is 0 Å². The molecule has 0 radical (unpaired) electrons. The molecule has 94 valence electrons. The van der Waals surface area contributed by atoms with Crippen LogP contribution in [0.2, 0.25) is 0 Å². The van der Waals surface area contributed by atoms with E-state index in [2.05, 4.69) is 10.9 Å². The molecule has 2 rings (SSSR count). The average Bonchev–Trinajstić information content (AvgIpc) is 2.40. The topological polar surface area (TPSA) is 12.9 Å². The highest BCUT2D eigenvalue weighted by atomic mass is 19.1. The lowest BCUT2D eigenvalue weighted by Gasteiger charge is -2.11. The summed E-state index contributed by atoms with van der Waals surface area (Å²) >= 11 is 0. The zero-order chi connectivity index (χ0) is 13.7. The summed E-state index contributed by atoms with van der Waals surface area (Å²) in [6.07, 6.45) is 8.84. The number of rotatable bonds is 1. The number of fused-ring (bicyclic) bond motifs is 1. The van der Waals surface area contributed by atoms with Crippen molar-refractivity contribution in [3.05, 3.63) is 41.5 Å². The van der Waals surface area contributed by atoms with Crippen LogP contribution in [0, 0.1) is 18.2 Å². The molecule has 0 aliphatic rings. The second-order valence-corrected chi connectivity index (χ2v) is 4.05. The molecule has 2 aromatic rings. The molecule has 0 bridgehead atoms. The van der Waals surface area contributed by atoms with E-state index in [1.165, 1.54) is 6.07 Å². The molecule has 18 heavy (non-hydrogen) atoms. The third-order valence-electron chi connectivity index (χ3n) is 2.67. The Kier molecular flexibility index (Phi) is 4.85. The summed E-state index contributed by atoms with van der Waals surface area (Å²) < 4.78 is 13.6. The zero-order valence-electron chi connectivity index (χ0n) is 11.3. The van der Waals surface area contributed by atoms with Crippen LogP contribution in [0.15, 0.2) is 24.5 Å². The van der Waals surface area contributed by atoms with Gasteiger partial charge in [-0.15, -0.1) is 6.42 Å². The summed E-state index contributed by atoms with van der Waals surface area (Å²) in [5.41, 5.74) is 1.33. The van der Waals surface area contributed by atoms with Crippen LogP contribution < -0.4 is 0 Å². The Morgan fingerprint density at radius 2 is 1.89 bits per heavy atom. The standard InChI is InChI=1S/C14H12FN.C2H6/c1-4-11-13(15)6-5-10-7-16-8-12(9(2)3)14(10)11;1-2/h1,5-9H,2-3H3;1-2H3. The van der Waals surface area contributed by atoms with Gasteiger partial charge in [0.25, 0.3) is 0 Å². The Balaban J connectivity index is 0.000000771. The van der Waals surface area contributed by atoms with Gasteiger partial charge in [0.05, 0.1) is 5.56 Å². The van der Waals surface area contributed by atoms with Crippen LogP contribution in [-0.4, -0.2) is 4.98 Å². The van der Waals surface area contributed by atoms with Crippen molar-refractivity contribution in [2.45, 2.75) is 33.6 Å². The van der Waals surface area contributed by atoms with E-state index in [4.69, 9.17) is 6.42 Å². The van der Waals surface area contributed by atoms with E-state index in [0.29, 0.717) is 5.56 Å². The SMILES string of the molecule is C#Cc1c(F)ccc2cncc(C(C)C)c12.CC. The number of benzene rings is 1. The molecule has 0 spiro atoms. The van der Waals surface area contributed by atoms with E-state index in [-0.39, 0.29) is 11.7 Å². The quantitative estimate of drug-likeness (QED) is 0.672. The number of terminal acetylenes is 1. The summed E-state index contributed by atoms with van der Waals surface area (Å²) in [5.74, 6) is 2.36. The highest BCUT2D eigenvalue weighted by molar-refractivity contribution is 5.90. The minimum Gasteiger partial charge on any atom is -0.264 e. The van der Waals surface area contributed by atoms with Gasteiger partial charge in [-0.2, -0.15) is 0 Å². The Bertz CT molecular complexity index is 579. The van der Waals surface area contributed by atoms with Crippen molar-refractivity contribution in [3.8, 4) is 12.3 Å². The lowest BCUT2D eigenvalue weighted by molar-refractivity contribution is 0.626. The molecule has 0 saturated carbocycles. The fourth-order valence-corrected chi connectivity index (χ4v) is 1.85. The van der Waals surface area contributed by atoms with Gasteiger partial charge in [-0.1, -0.05) is 33.6 Å². The minimum atomic E-state index is -0.344. The molecule has 0 atom stereocenters. The van der Waals surface area contributed by atoms with E-state index in [9.17, 15) is 4.39 Å². The second kappa shape index (κ2) is 6.16. The van der Waals surface area contributed by atoms with Gasteiger partial charge < -0.3 is 0 Å². The summed E-state index contributed by atoms with van der Waals surface area (Å²) in [6, 6.07) is 3.10. The Morgan fingerprint density at radius 1 is 1.22 bits per heavy atom. The third kappa shape index (κ3) is 2.51. The predicted molar refractivity (Wildman–Crippen MR) is 75.1 cm³/mol. The van der Waals surface area contributed by atoms with Crippen molar-refractivity contribution in [1.29, 1.82) is 0 Å². The maximum absolute atomic E-state index is 13.6. The molecule has 0 aliphatic heterocycles. The Morgan fingerprint density at radius 3 is 2.44 bits per heavy atom. The molecular weight excluding hydrogens is 225 g/mol. The number of pyridine rings is 1. The maximum Gasteiger partial charge on any atom is 0.139 e. The smallest absolute Gasteiger partial charge is 0.139 e. The minimum absolute atomic E-state index is 0.269. The summed E-state index contributed by atoms with van der Waals surface area (Å²) in [5, 5.41) is 1.70. The number of hydrogen-bond donors (Lipinski definition) is 0. The van der Waals surface area contributed by atoms with Crippen molar-refractivity contribution >= 4 is 10.8 Å². The van der Waals surface area contributed by atoms with E-state index in [1.807, 2.05) is 27.7 Å². The van der Waals surface area contributed by atoms with Crippen LogP contribution in [0.5, 0.6) is 0 Å². The van der Waals surface area contributed by atoms with Crippen molar-refractivity contribution in [1.82, 2.24) is 4.98 Å². The summed E-state index contributed by atoms with van der Waals surface area (Å²) in [7, 11) is 0. The molecule has 2 heteroatoms.